The third kappa shape index (κ3) is 8.96. The van der Waals surface area contributed by atoms with Crippen molar-refractivity contribution in [1.82, 2.24) is 4.31 Å². The van der Waals surface area contributed by atoms with Crippen LogP contribution in [0.5, 0.6) is 0 Å². The number of nitrogens with two attached hydrogens (primary N) is 1. The molecule has 0 unspecified atom stereocenters. The molecule has 1 atom stereocenters. The predicted molar refractivity (Wildman–Crippen MR) is 119 cm³/mol. The van der Waals surface area contributed by atoms with Crippen molar-refractivity contribution in [3.8, 4) is 0 Å². The molecule has 0 spiro atoms. The average molecular weight is 457 g/mol. The number of carboxylic acids is 1. The van der Waals surface area contributed by atoms with Gasteiger partial charge in [-0.25, -0.2) is 8.42 Å². The lowest BCUT2D eigenvalue weighted by Crippen LogP contribution is -2.48. The number of carbonyl (C=O) groups excluding carboxylic acids is 1. The Hall–Kier alpha value is -1.97. The van der Waals surface area contributed by atoms with E-state index in [1.165, 1.54) is 28.6 Å². The van der Waals surface area contributed by atoms with Crippen LogP contribution < -0.4 is 5.73 Å². The zero-order valence-corrected chi connectivity index (χ0v) is 19.9. The molecular weight excluding hydrogens is 420 g/mol. The first-order chi connectivity index (χ1) is 14.3. The molecule has 31 heavy (non-hydrogen) atoms. The van der Waals surface area contributed by atoms with Gasteiger partial charge in [0.25, 0.3) is 0 Å². The van der Waals surface area contributed by atoms with Gasteiger partial charge < -0.3 is 15.6 Å². The quantitative estimate of drug-likeness (QED) is 0.366. The van der Waals surface area contributed by atoms with Crippen LogP contribution in [0.3, 0.4) is 0 Å². The van der Waals surface area contributed by atoms with Crippen molar-refractivity contribution in [2.24, 2.45) is 11.7 Å². The zero-order valence-electron chi connectivity index (χ0n) is 19.1. The first-order valence-electron chi connectivity index (χ1n) is 10.5. The van der Waals surface area contributed by atoms with Crippen LogP contribution >= 0.6 is 0 Å². The molecule has 0 aromatic heterocycles. The van der Waals surface area contributed by atoms with Gasteiger partial charge in [0.15, 0.2) is 0 Å². The van der Waals surface area contributed by atoms with Crippen LogP contribution in [0, 0.1) is 5.92 Å². The molecule has 1 aromatic carbocycles. The van der Waals surface area contributed by atoms with Crippen molar-refractivity contribution < 1.29 is 27.9 Å². The minimum Gasteiger partial charge on any atom is -0.481 e. The fraction of sp³-hybridized carbons (Fsp3) is 0.636. The Labute approximate surface area is 185 Å². The highest BCUT2D eigenvalue weighted by molar-refractivity contribution is 7.89. The molecular formula is C22H36N2O6S. The molecule has 0 saturated carbocycles. The maximum atomic E-state index is 13.5. The molecule has 1 aromatic rings. The number of carboxylic acid groups (broad SMARTS) is 1. The third-order valence-electron chi connectivity index (χ3n) is 4.39. The molecule has 0 heterocycles. The summed E-state index contributed by atoms with van der Waals surface area (Å²) >= 11 is 0. The van der Waals surface area contributed by atoms with E-state index in [1.54, 1.807) is 20.8 Å². The average Bonchev–Trinajstić information content (AvgIpc) is 2.62. The Balaban J connectivity index is 3.36. The maximum Gasteiger partial charge on any atom is 0.324 e. The van der Waals surface area contributed by atoms with Crippen molar-refractivity contribution in [3.63, 3.8) is 0 Å². The van der Waals surface area contributed by atoms with Crippen molar-refractivity contribution in [2.75, 3.05) is 13.1 Å². The molecule has 0 aliphatic rings. The Bertz CT molecular complexity index is 829. The third-order valence-corrected chi connectivity index (χ3v) is 6.28. The summed E-state index contributed by atoms with van der Waals surface area (Å²) in [6.45, 7) is 9.57. The lowest BCUT2D eigenvalue weighted by atomic mass is 10.1. The van der Waals surface area contributed by atoms with E-state index in [0.717, 1.165) is 0 Å². The number of rotatable bonds is 12. The highest BCUT2D eigenvalue weighted by Gasteiger charge is 2.38. The van der Waals surface area contributed by atoms with Gasteiger partial charge in [-0.2, -0.15) is 4.31 Å². The number of unbranched alkanes of at least 4 members (excludes halogenated alkanes) is 1. The van der Waals surface area contributed by atoms with E-state index in [4.69, 9.17) is 15.6 Å². The van der Waals surface area contributed by atoms with E-state index in [1.807, 2.05) is 13.8 Å². The number of nitrogens with zero attached hydrogens (tertiary/aromatic N) is 1. The molecule has 0 amide bonds. The molecule has 8 nitrogen and oxygen atoms in total. The summed E-state index contributed by atoms with van der Waals surface area (Å²) in [6.07, 6.45) is 1.35. The van der Waals surface area contributed by atoms with Crippen LogP contribution in [-0.2, 0) is 30.8 Å². The summed E-state index contributed by atoms with van der Waals surface area (Å²) in [7, 11) is -4.02. The van der Waals surface area contributed by atoms with Crippen molar-refractivity contribution in [3.05, 3.63) is 29.8 Å². The first-order valence-corrected chi connectivity index (χ1v) is 12.0. The lowest BCUT2D eigenvalue weighted by Gasteiger charge is -2.33. The summed E-state index contributed by atoms with van der Waals surface area (Å²) < 4.78 is 33.8. The Morgan fingerprint density at radius 1 is 1.13 bits per heavy atom. The molecule has 1 rings (SSSR count). The summed E-state index contributed by atoms with van der Waals surface area (Å²) in [5.41, 5.74) is 5.32. The Morgan fingerprint density at radius 2 is 1.71 bits per heavy atom. The van der Waals surface area contributed by atoms with E-state index in [0.29, 0.717) is 31.4 Å². The number of esters is 1. The molecule has 0 fully saturated rings. The van der Waals surface area contributed by atoms with Gasteiger partial charge in [-0.05, 0) is 70.2 Å². The van der Waals surface area contributed by atoms with Crippen LogP contribution in [0.1, 0.15) is 59.4 Å². The second-order valence-corrected chi connectivity index (χ2v) is 10.9. The molecule has 0 aliphatic heterocycles. The first kappa shape index (κ1) is 27.1. The van der Waals surface area contributed by atoms with Crippen LogP contribution in [-0.4, -0.2) is 54.5 Å². The van der Waals surface area contributed by atoms with E-state index >= 15 is 0 Å². The molecule has 9 heteroatoms. The SMILES string of the molecule is CC(C)CN([C@@H](CCCCN)C(=O)OC(C)(C)C)S(=O)(=O)c1ccc(CC(=O)O)cc1. The van der Waals surface area contributed by atoms with E-state index in [2.05, 4.69) is 0 Å². The van der Waals surface area contributed by atoms with E-state index in [-0.39, 0.29) is 23.8 Å². The summed E-state index contributed by atoms with van der Waals surface area (Å²) in [4.78, 5) is 23.9. The second-order valence-electron chi connectivity index (χ2n) is 9.02. The number of hydrogen-bond donors (Lipinski definition) is 2. The van der Waals surface area contributed by atoms with Gasteiger partial charge in [-0.1, -0.05) is 26.0 Å². The number of sulfonamides is 1. The minimum absolute atomic E-state index is 0.00896. The maximum absolute atomic E-state index is 13.5. The van der Waals surface area contributed by atoms with Gasteiger partial charge in [-0.3, -0.25) is 9.59 Å². The lowest BCUT2D eigenvalue weighted by molar-refractivity contribution is -0.160. The standard InChI is InChI=1S/C22H36N2O6S/c1-16(2)15-24(19(8-6-7-13-23)21(27)30-22(3,4)5)31(28,29)18-11-9-17(10-12-18)14-20(25)26/h9-12,16,19H,6-8,13-15,23H2,1-5H3,(H,25,26)/t19-/m0/s1. The largest absolute Gasteiger partial charge is 0.481 e. The normalized spacial score (nSPS) is 13.4. The Morgan fingerprint density at radius 3 is 2.16 bits per heavy atom. The van der Waals surface area contributed by atoms with Crippen LogP contribution in [0.2, 0.25) is 0 Å². The highest BCUT2D eigenvalue weighted by Crippen LogP contribution is 2.25. The molecule has 0 radical (unpaired) electrons. The Kier molecular flexibility index (Phi) is 10.1. The monoisotopic (exact) mass is 456 g/mol. The van der Waals surface area contributed by atoms with Crippen LogP contribution in [0.15, 0.2) is 29.2 Å². The fourth-order valence-electron chi connectivity index (χ4n) is 3.07. The van der Waals surface area contributed by atoms with Crippen LogP contribution in [0.25, 0.3) is 0 Å². The number of carbonyl (C=O) groups is 2. The summed E-state index contributed by atoms with van der Waals surface area (Å²) in [6, 6.07) is 4.74. The number of ether oxygens (including phenoxy) is 1. The smallest absolute Gasteiger partial charge is 0.324 e. The minimum atomic E-state index is -4.02. The van der Waals surface area contributed by atoms with E-state index < -0.39 is 33.6 Å². The topological polar surface area (TPSA) is 127 Å². The molecule has 0 bridgehead atoms. The molecule has 3 N–H and O–H groups in total. The number of aliphatic carboxylic acids is 1. The number of hydrogen-bond acceptors (Lipinski definition) is 6. The van der Waals surface area contributed by atoms with Gasteiger partial charge in [0.1, 0.15) is 11.6 Å². The van der Waals surface area contributed by atoms with Crippen molar-refractivity contribution in [1.29, 1.82) is 0 Å². The van der Waals surface area contributed by atoms with Crippen LogP contribution in [0.4, 0.5) is 0 Å². The van der Waals surface area contributed by atoms with Gasteiger partial charge in [0.2, 0.25) is 10.0 Å². The number of benzene rings is 1. The molecule has 0 saturated heterocycles. The zero-order chi connectivity index (χ0) is 23.8. The molecule has 0 aliphatic carbocycles. The second kappa shape index (κ2) is 11.6. The van der Waals surface area contributed by atoms with Gasteiger partial charge in [-0.15, -0.1) is 0 Å². The fourth-order valence-corrected chi connectivity index (χ4v) is 4.84. The van der Waals surface area contributed by atoms with E-state index in [9.17, 15) is 18.0 Å². The van der Waals surface area contributed by atoms with Crippen molar-refractivity contribution >= 4 is 22.0 Å². The molecule has 176 valence electrons. The van der Waals surface area contributed by atoms with Crippen molar-refractivity contribution in [2.45, 2.75) is 76.8 Å². The summed E-state index contributed by atoms with van der Waals surface area (Å²) in [5.74, 6) is -1.61. The summed E-state index contributed by atoms with van der Waals surface area (Å²) in [5, 5.41) is 8.93. The van der Waals surface area contributed by atoms with Gasteiger partial charge in [0, 0.05) is 6.54 Å². The predicted octanol–water partition coefficient (Wildman–Crippen LogP) is 2.80. The van der Waals surface area contributed by atoms with Gasteiger partial charge in [0.05, 0.1) is 11.3 Å². The highest BCUT2D eigenvalue weighted by atomic mass is 32.2. The van der Waals surface area contributed by atoms with Gasteiger partial charge >= 0.3 is 11.9 Å².